The Kier molecular flexibility index (Phi) is 4.63. The molecule has 6 nitrogen and oxygen atoms in total. The van der Waals surface area contributed by atoms with Gasteiger partial charge in [0.1, 0.15) is 12.1 Å². The number of aromatic amines is 1. The van der Waals surface area contributed by atoms with Gasteiger partial charge in [0.2, 0.25) is 5.91 Å². The molecule has 0 saturated carbocycles. The number of benzene rings is 1. The summed E-state index contributed by atoms with van der Waals surface area (Å²) in [6, 6.07) is 4.43. The highest BCUT2D eigenvalue weighted by Crippen LogP contribution is 2.25. The minimum Gasteiger partial charge on any atom is -0.361 e. The highest BCUT2D eigenvalue weighted by Gasteiger charge is 2.38. The summed E-state index contributed by atoms with van der Waals surface area (Å²) in [5.41, 5.74) is 4.35. The molecule has 25 heavy (non-hydrogen) atoms. The van der Waals surface area contributed by atoms with Gasteiger partial charge in [-0.1, -0.05) is 29.8 Å². The summed E-state index contributed by atoms with van der Waals surface area (Å²) in [6.45, 7) is 5.69. The average Bonchev–Trinajstić information content (AvgIpc) is 2.98. The third-order valence-corrected chi connectivity index (χ3v) is 4.58. The summed E-state index contributed by atoms with van der Waals surface area (Å²) in [5, 5.41) is 14.2. The van der Waals surface area contributed by atoms with Gasteiger partial charge in [-0.25, -0.2) is 5.06 Å². The van der Waals surface area contributed by atoms with E-state index in [9.17, 15) is 14.8 Å². The van der Waals surface area contributed by atoms with Crippen molar-refractivity contribution in [3.8, 4) is 0 Å². The molecule has 1 aromatic heterocycles. The number of piperazine rings is 1. The van der Waals surface area contributed by atoms with E-state index in [0.29, 0.717) is 5.06 Å². The zero-order valence-corrected chi connectivity index (χ0v) is 14.7. The van der Waals surface area contributed by atoms with Gasteiger partial charge >= 0.3 is 0 Å². The smallest absolute Gasteiger partial charge is 0.268 e. The van der Waals surface area contributed by atoms with E-state index in [0.717, 1.165) is 22.9 Å². The minimum atomic E-state index is -0.913. The number of hydrogen-bond donors (Lipinski definition) is 3. The molecule has 1 fully saturated rings. The Bertz CT molecular complexity index is 849. The van der Waals surface area contributed by atoms with Crippen molar-refractivity contribution < 1.29 is 14.8 Å². The molecule has 3 N–H and O–H groups in total. The van der Waals surface area contributed by atoms with Gasteiger partial charge in [0.15, 0.2) is 0 Å². The van der Waals surface area contributed by atoms with Crippen molar-refractivity contribution in [3.63, 3.8) is 0 Å². The highest BCUT2D eigenvalue weighted by molar-refractivity contribution is 5.96. The van der Waals surface area contributed by atoms with Gasteiger partial charge in [0.25, 0.3) is 5.91 Å². The number of H-pyrrole nitrogens is 1. The number of nitrogens with zero attached hydrogens (tertiary/aromatic N) is 1. The Labute approximate surface area is 146 Å². The summed E-state index contributed by atoms with van der Waals surface area (Å²) < 4.78 is 0. The van der Waals surface area contributed by atoms with Crippen molar-refractivity contribution in [1.29, 1.82) is 0 Å². The summed E-state index contributed by atoms with van der Waals surface area (Å²) in [7, 11) is 0. The Balaban J connectivity index is 1.90. The molecule has 0 aliphatic carbocycles. The lowest BCUT2D eigenvalue weighted by Gasteiger charge is -2.33. The number of carbonyl (C=O) groups excluding carboxylic acids is 2. The third-order valence-electron chi connectivity index (χ3n) is 4.58. The second-order valence-corrected chi connectivity index (χ2v) is 6.77. The van der Waals surface area contributed by atoms with Crippen LogP contribution in [0.4, 0.5) is 0 Å². The van der Waals surface area contributed by atoms with Crippen LogP contribution in [0.15, 0.2) is 36.0 Å². The van der Waals surface area contributed by atoms with E-state index in [2.05, 4.69) is 36.3 Å². The standard InChI is InChI=1S/C19H23N3O3/c1-11(2)7-8-13-5-4-6-15-14(10-20-17(13)15)9-16-18(23)21-12(3)19(24)22(16)25/h4-7,10,12,16,20,25H,8-9H2,1-3H3,(H,21,23). The van der Waals surface area contributed by atoms with Gasteiger partial charge < -0.3 is 10.3 Å². The summed E-state index contributed by atoms with van der Waals surface area (Å²) in [6.07, 6.45) is 5.10. The molecule has 2 aromatic rings. The van der Waals surface area contributed by atoms with Gasteiger partial charge in [-0.2, -0.15) is 0 Å². The fourth-order valence-corrected chi connectivity index (χ4v) is 3.15. The van der Waals surface area contributed by atoms with Gasteiger partial charge in [0, 0.05) is 23.5 Å². The number of para-hydroxylation sites is 1. The molecular weight excluding hydrogens is 318 g/mol. The molecule has 2 atom stereocenters. The topological polar surface area (TPSA) is 85.4 Å². The number of rotatable bonds is 4. The second-order valence-electron chi connectivity index (χ2n) is 6.77. The molecule has 1 saturated heterocycles. The first-order valence-corrected chi connectivity index (χ1v) is 8.42. The molecule has 1 aliphatic rings. The quantitative estimate of drug-likeness (QED) is 0.589. The van der Waals surface area contributed by atoms with Crippen molar-refractivity contribution >= 4 is 22.7 Å². The molecule has 2 heterocycles. The van der Waals surface area contributed by atoms with Crippen LogP contribution in [0.3, 0.4) is 0 Å². The van der Waals surface area contributed by atoms with E-state index in [-0.39, 0.29) is 12.3 Å². The van der Waals surface area contributed by atoms with Crippen molar-refractivity contribution in [2.75, 3.05) is 0 Å². The summed E-state index contributed by atoms with van der Waals surface area (Å²) in [5.74, 6) is -0.835. The first-order valence-electron chi connectivity index (χ1n) is 8.42. The van der Waals surface area contributed by atoms with E-state index in [4.69, 9.17) is 0 Å². The lowest BCUT2D eigenvalue weighted by atomic mass is 9.99. The maximum atomic E-state index is 12.2. The van der Waals surface area contributed by atoms with Crippen LogP contribution in [0.25, 0.3) is 10.9 Å². The van der Waals surface area contributed by atoms with E-state index in [1.807, 2.05) is 18.3 Å². The Hall–Kier alpha value is -2.60. The predicted molar refractivity (Wildman–Crippen MR) is 95.2 cm³/mol. The fourth-order valence-electron chi connectivity index (χ4n) is 3.15. The Morgan fingerprint density at radius 1 is 1.28 bits per heavy atom. The van der Waals surface area contributed by atoms with E-state index in [1.54, 1.807) is 6.92 Å². The zero-order chi connectivity index (χ0) is 18.1. The van der Waals surface area contributed by atoms with Crippen molar-refractivity contribution in [2.45, 2.75) is 45.7 Å². The molecular formula is C19H23N3O3. The van der Waals surface area contributed by atoms with Crippen LogP contribution >= 0.6 is 0 Å². The first-order chi connectivity index (χ1) is 11.9. The van der Waals surface area contributed by atoms with Crippen LogP contribution in [0.5, 0.6) is 0 Å². The van der Waals surface area contributed by atoms with Gasteiger partial charge in [-0.3, -0.25) is 14.8 Å². The van der Waals surface area contributed by atoms with E-state index >= 15 is 0 Å². The van der Waals surface area contributed by atoms with Gasteiger partial charge in [0.05, 0.1) is 0 Å². The molecule has 2 amide bonds. The normalized spacial score (nSPS) is 20.7. The number of carbonyl (C=O) groups is 2. The fraction of sp³-hybridized carbons (Fsp3) is 0.368. The predicted octanol–water partition coefficient (Wildman–Crippen LogP) is 2.32. The molecule has 2 unspecified atom stereocenters. The molecule has 0 spiro atoms. The van der Waals surface area contributed by atoms with Gasteiger partial charge in [-0.15, -0.1) is 0 Å². The van der Waals surface area contributed by atoms with Gasteiger partial charge in [-0.05, 0) is 38.3 Å². The second kappa shape index (κ2) is 6.72. The number of amides is 2. The van der Waals surface area contributed by atoms with Crippen LogP contribution in [0, 0.1) is 0 Å². The van der Waals surface area contributed by atoms with Crippen LogP contribution in [-0.2, 0) is 22.4 Å². The monoisotopic (exact) mass is 341 g/mol. The molecule has 3 rings (SSSR count). The Morgan fingerprint density at radius 2 is 2.04 bits per heavy atom. The number of fused-ring (bicyclic) bond motifs is 1. The number of allylic oxidation sites excluding steroid dienone is 2. The summed E-state index contributed by atoms with van der Waals surface area (Å²) >= 11 is 0. The molecule has 0 radical (unpaired) electrons. The van der Waals surface area contributed by atoms with Crippen LogP contribution in [-0.4, -0.2) is 39.2 Å². The van der Waals surface area contributed by atoms with Crippen molar-refractivity contribution in [1.82, 2.24) is 15.4 Å². The summed E-state index contributed by atoms with van der Waals surface area (Å²) in [4.78, 5) is 27.4. The highest BCUT2D eigenvalue weighted by atomic mass is 16.5. The van der Waals surface area contributed by atoms with Crippen molar-refractivity contribution in [2.24, 2.45) is 0 Å². The lowest BCUT2D eigenvalue weighted by Crippen LogP contribution is -2.61. The van der Waals surface area contributed by atoms with E-state index in [1.165, 1.54) is 11.1 Å². The Morgan fingerprint density at radius 3 is 2.76 bits per heavy atom. The van der Waals surface area contributed by atoms with E-state index < -0.39 is 18.0 Å². The number of nitrogens with one attached hydrogen (secondary N) is 2. The molecule has 6 heteroatoms. The number of hydroxylamine groups is 2. The SMILES string of the molecule is CC(C)=CCc1cccc2c(CC3C(=O)NC(C)C(=O)N3O)c[nH]c12. The number of aromatic nitrogens is 1. The molecule has 1 aromatic carbocycles. The largest absolute Gasteiger partial charge is 0.361 e. The lowest BCUT2D eigenvalue weighted by molar-refractivity contribution is -0.188. The zero-order valence-electron chi connectivity index (χ0n) is 14.7. The van der Waals surface area contributed by atoms with Crippen LogP contribution in [0.1, 0.15) is 31.9 Å². The molecule has 1 aliphatic heterocycles. The van der Waals surface area contributed by atoms with Crippen LogP contribution in [0.2, 0.25) is 0 Å². The molecule has 132 valence electrons. The maximum Gasteiger partial charge on any atom is 0.268 e. The minimum absolute atomic E-state index is 0.257. The molecule has 0 bridgehead atoms. The van der Waals surface area contributed by atoms with Crippen molar-refractivity contribution in [3.05, 3.63) is 47.2 Å². The average molecular weight is 341 g/mol. The first kappa shape index (κ1) is 17.2. The van der Waals surface area contributed by atoms with Crippen LogP contribution < -0.4 is 5.32 Å². The maximum absolute atomic E-state index is 12.2. The third kappa shape index (κ3) is 3.30. The number of hydrogen-bond acceptors (Lipinski definition) is 3.